The minimum atomic E-state index is -0.0821. The van der Waals surface area contributed by atoms with Crippen LogP contribution >= 0.6 is 0 Å². The molecule has 0 bridgehead atoms. The Morgan fingerprint density at radius 1 is 0.571 bits per heavy atom. The largest absolute Gasteiger partial charge is 0.206 e. The van der Waals surface area contributed by atoms with E-state index in [4.69, 9.17) is 0 Å². The topological polar surface area (TPSA) is 0 Å². The smallest absolute Gasteiger partial charge is 0.131 e. The molecule has 0 spiro atoms. The summed E-state index contributed by atoms with van der Waals surface area (Å²) in [6.45, 7) is 4.72. The molecule has 0 unspecified atom stereocenters. The molecule has 2 fully saturated rings. The lowest BCUT2D eigenvalue weighted by Gasteiger charge is -2.26. The maximum absolute atomic E-state index is 15.0. The molecule has 2 saturated carbocycles. The molecule has 3 aromatic carbocycles. The third-order valence-electron chi connectivity index (χ3n) is 8.91. The average molecular weight is 469 g/mol. The van der Waals surface area contributed by atoms with E-state index in [2.05, 4.69) is 68.4 Å². The Kier molecular flexibility index (Phi) is 7.71. The van der Waals surface area contributed by atoms with E-state index in [0.29, 0.717) is 5.92 Å². The summed E-state index contributed by atoms with van der Waals surface area (Å²) >= 11 is 0. The van der Waals surface area contributed by atoms with E-state index < -0.39 is 0 Å². The number of hydrogen-bond donors (Lipinski definition) is 0. The van der Waals surface area contributed by atoms with E-state index in [1.54, 1.807) is 6.07 Å². The first-order valence-corrected chi connectivity index (χ1v) is 14.0. The number of rotatable bonds is 6. The molecule has 0 aliphatic heterocycles. The SMILES string of the molecule is CC1CCC(c2ccc(CCc3ccc(-c4ccc(C5CCC(C)CC5)cc4F)cc3)cc2)CC1. The predicted octanol–water partition coefficient (Wildman–Crippen LogP) is 9.87. The number of aryl methyl sites for hydroxylation is 2. The van der Waals surface area contributed by atoms with E-state index in [1.807, 2.05) is 6.07 Å². The van der Waals surface area contributed by atoms with Crippen LogP contribution in [0.4, 0.5) is 4.39 Å². The molecule has 2 aliphatic carbocycles. The van der Waals surface area contributed by atoms with Crippen LogP contribution in [0.15, 0.2) is 66.7 Å². The van der Waals surface area contributed by atoms with Gasteiger partial charge < -0.3 is 0 Å². The van der Waals surface area contributed by atoms with Gasteiger partial charge in [0.15, 0.2) is 0 Å². The summed E-state index contributed by atoms with van der Waals surface area (Å²) in [6, 6.07) is 23.8. The van der Waals surface area contributed by atoms with Gasteiger partial charge in [-0.3, -0.25) is 0 Å². The molecule has 0 heterocycles. The lowest BCUT2D eigenvalue weighted by atomic mass is 9.79. The van der Waals surface area contributed by atoms with E-state index >= 15 is 4.39 Å². The van der Waals surface area contributed by atoms with Crippen LogP contribution in [0.5, 0.6) is 0 Å². The van der Waals surface area contributed by atoms with Crippen molar-refractivity contribution in [2.24, 2.45) is 11.8 Å². The van der Waals surface area contributed by atoms with Crippen LogP contribution in [0, 0.1) is 17.7 Å². The van der Waals surface area contributed by atoms with Gasteiger partial charge in [-0.1, -0.05) is 100 Å². The number of hydrogen-bond acceptors (Lipinski definition) is 0. The molecule has 0 radical (unpaired) electrons. The van der Waals surface area contributed by atoms with Gasteiger partial charge in [-0.2, -0.15) is 0 Å². The van der Waals surface area contributed by atoms with Crippen LogP contribution in [0.3, 0.4) is 0 Å². The molecule has 35 heavy (non-hydrogen) atoms. The van der Waals surface area contributed by atoms with E-state index in [9.17, 15) is 0 Å². The molecule has 3 aromatic rings. The maximum Gasteiger partial charge on any atom is 0.131 e. The molecule has 0 atom stereocenters. The number of halogens is 1. The van der Waals surface area contributed by atoms with Gasteiger partial charge in [0.1, 0.15) is 5.82 Å². The molecule has 1 heteroatoms. The first-order valence-electron chi connectivity index (χ1n) is 14.0. The summed E-state index contributed by atoms with van der Waals surface area (Å²) < 4.78 is 15.0. The minimum Gasteiger partial charge on any atom is -0.206 e. The molecular weight excluding hydrogens is 427 g/mol. The maximum atomic E-state index is 15.0. The van der Waals surface area contributed by atoms with Crippen molar-refractivity contribution in [2.75, 3.05) is 0 Å². The fourth-order valence-corrected chi connectivity index (χ4v) is 6.30. The highest BCUT2D eigenvalue weighted by molar-refractivity contribution is 5.65. The summed E-state index contributed by atoms with van der Waals surface area (Å²) in [5.41, 5.74) is 7.11. The zero-order valence-electron chi connectivity index (χ0n) is 21.6. The van der Waals surface area contributed by atoms with Gasteiger partial charge in [0.25, 0.3) is 0 Å². The van der Waals surface area contributed by atoms with Gasteiger partial charge in [0.2, 0.25) is 0 Å². The van der Waals surface area contributed by atoms with Crippen molar-refractivity contribution in [1.82, 2.24) is 0 Å². The molecule has 0 saturated heterocycles. The lowest BCUT2D eigenvalue weighted by Crippen LogP contribution is -2.11. The first-order chi connectivity index (χ1) is 17.0. The van der Waals surface area contributed by atoms with Crippen molar-refractivity contribution in [1.29, 1.82) is 0 Å². The average Bonchev–Trinajstić information content (AvgIpc) is 2.89. The summed E-state index contributed by atoms with van der Waals surface area (Å²) in [5, 5.41) is 0. The van der Waals surface area contributed by atoms with Gasteiger partial charge in [-0.15, -0.1) is 0 Å². The Hall–Kier alpha value is -2.41. The van der Waals surface area contributed by atoms with Gasteiger partial charge >= 0.3 is 0 Å². The molecule has 184 valence electrons. The van der Waals surface area contributed by atoms with Crippen LogP contribution in [-0.2, 0) is 12.8 Å². The molecule has 2 aliphatic rings. The van der Waals surface area contributed by atoms with Crippen LogP contribution in [0.1, 0.15) is 99.3 Å². The van der Waals surface area contributed by atoms with Crippen molar-refractivity contribution >= 4 is 0 Å². The van der Waals surface area contributed by atoms with Crippen molar-refractivity contribution in [3.05, 3.63) is 94.8 Å². The lowest BCUT2D eigenvalue weighted by molar-refractivity contribution is 0.347. The Bertz CT molecular complexity index is 1080. The van der Waals surface area contributed by atoms with Crippen LogP contribution in [-0.4, -0.2) is 0 Å². The number of benzene rings is 3. The van der Waals surface area contributed by atoms with E-state index in [-0.39, 0.29) is 5.82 Å². The summed E-state index contributed by atoms with van der Waals surface area (Å²) in [7, 11) is 0. The molecule has 0 amide bonds. The third-order valence-corrected chi connectivity index (χ3v) is 8.91. The highest BCUT2D eigenvalue weighted by Gasteiger charge is 2.21. The van der Waals surface area contributed by atoms with Gasteiger partial charge in [-0.25, -0.2) is 4.39 Å². The van der Waals surface area contributed by atoms with Crippen LogP contribution in [0.25, 0.3) is 11.1 Å². The molecule has 0 N–H and O–H groups in total. The highest BCUT2D eigenvalue weighted by atomic mass is 19.1. The Balaban J connectivity index is 1.17. The third kappa shape index (κ3) is 6.05. The van der Waals surface area contributed by atoms with E-state index in [0.717, 1.165) is 41.7 Å². The summed E-state index contributed by atoms with van der Waals surface area (Å²) in [4.78, 5) is 0. The Morgan fingerprint density at radius 3 is 1.54 bits per heavy atom. The van der Waals surface area contributed by atoms with Gasteiger partial charge in [-0.05, 0) is 96.1 Å². The van der Waals surface area contributed by atoms with Crippen molar-refractivity contribution in [2.45, 2.75) is 89.9 Å². The second-order valence-electron chi connectivity index (χ2n) is 11.6. The molecule has 0 aromatic heterocycles. The zero-order chi connectivity index (χ0) is 24.2. The van der Waals surface area contributed by atoms with Gasteiger partial charge in [0.05, 0.1) is 0 Å². The van der Waals surface area contributed by atoms with Crippen LogP contribution in [0.2, 0.25) is 0 Å². The Morgan fingerprint density at radius 2 is 1.03 bits per heavy atom. The second-order valence-corrected chi connectivity index (χ2v) is 11.6. The fraction of sp³-hybridized carbons (Fsp3) is 0.471. The first kappa shape index (κ1) is 24.3. The van der Waals surface area contributed by atoms with Crippen LogP contribution < -0.4 is 0 Å². The quantitative estimate of drug-likeness (QED) is 0.338. The van der Waals surface area contributed by atoms with Crippen molar-refractivity contribution in [3.63, 3.8) is 0 Å². The standard InChI is InChI=1S/C34H41F/c1-24-3-13-28(14-4-24)29-17-9-26(10-18-29)7-8-27-11-19-31(20-12-27)33-22-21-32(23-34(33)35)30-15-5-25(2)6-16-30/h9-12,17-25,28,30H,3-8,13-16H2,1-2H3. The fourth-order valence-electron chi connectivity index (χ4n) is 6.30. The summed E-state index contributed by atoms with van der Waals surface area (Å²) in [6.07, 6.45) is 12.4. The van der Waals surface area contributed by atoms with E-state index in [1.165, 1.54) is 73.6 Å². The molecule has 5 rings (SSSR count). The van der Waals surface area contributed by atoms with Gasteiger partial charge in [0, 0.05) is 5.56 Å². The normalized spacial score (nSPS) is 24.9. The molecular formula is C34H41F. The Labute approximate surface area is 212 Å². The molecule has 0 nitrogen and oxygen atoms in total. The predicted molar refractivity (Wildman–Crippen MR) is 146 cm³/mol. The van der Waals surface area contributed by atoms with Crippen molar-refractivity contribution < 1.29 is 4.39 Å². The monoisotopic (exact) mass is 468 g/mol. The summed E-state index contributed by atoms with van der Waals surface area (Å²) in [5.74, 6) is 2.92. The van der Waals surface area contributed by atoms with Crippen molar-refractivity contribution in [3.8, 4) is 11.1 Å². The minimum absolute atomic E-state index is 0.0821. The highest BCUT2D eigenvalue weighted by Crippen LogP contribution is 2.37. The second kappa shape index (κ2) is 11.1. The zero-order valence-corrected chi connectivity index (χ0v) is 21.6.